The van der Waals surface area contributed by atoms with Gasteiger partial charge in [-0.15, -0.1) is 0 Å². The molecule has 0 unspecified atom stereocenters. The van der Waals surface area contributed by atoms with E-state index in [-0.39, 0.29) is 5.91 Å². The molecular formula is C16H17NO3. The van der Waals surface area contributed by atoms with Crippen molar-refractivity contribution in [1.29, 1.82) is 0 Å². The first-order valence-corrected chi connectivity index (χ1v) is 6.24. The first-order valence-electron chi connectivity index (χ1n) is 6.24. The minimum absolute atomic E-state index is 0.113. The van der Waals surface area contributed by atoms with Gasteiger partial charge in [0.25, 0.3) is 0 Å². The van der Waals surface area contributed by atoms with E-state index in [2.05, 4.69) is 5.32 Å². The zero-order valence-electron chi connectivity index (χ0n) is 11.8. The Morgan fingerprint density at radius 2 is 1.90 bits per heavy atom. The molecule has 1 amide bonds. The van der Waals surface area contributed by atoms with Gasteiger partial charge in [-0.2, -0.15) is 0 Å². The molecule has 0 aromatic heterocycles. The molecule has 0 saturated carbocycles. The zero-order valence-corrected chi connectivity index (χ0v) is 11.8. The van der Waals surface area contributed by atoms with Crippen LogP contribution in [-0.2, 0) is 4.79 Å². The molecule has 1 N–H and O–H groups in total. The first kappa shape index (κ1) is 13.9. The number of hydrogen-bond donors (Lipinski definition) is 1. The molecule has 0 aliphatic heterocycles. The van der Waals surface area contributed by atoms with Crippen molar-refractivity contribution < 1.29 is 14.3 Å². The average Bonchev–Trinajstić information content (AvgIpc) is 2.46. The summed E-state index contributed by atoms with van der Waals surface area (Å²) in [5, 5.41) is 4.72. The van der Waals surface area contributed by atoms with Crippen LogP contribution in [0.5, 0.6) is 11.5 Å². The summed E-state index contributed by atoms with van der Waals surface area (Å²) in [6, 6.07) is 9.75. The first-order chi connectivity index (χ1) is 9.65. The van der Waals surface area contributed by atoms with Crippen molar-refractivity contribution >= 4 is 22.8 Å². The van der Waals surface area contributed by atoms with E-state index in [9.17, 15) is 4.79 Å². The summed E-state index contributed by atoms with van der Waals surface area (Å²) >= 11 is 0. The predicted octanol–water partition coefficient (Wildman–Crippen LogP) is 2.96. The molecule has 0 atom stereocenters. The lowest BCUT2D eigenvalue weighted by molar-refractivity contribution is -0.118. The van der Waals surface area contributed by atoms with Crippen LogP contribution in [0.15, 0.2) is 36.5 Å². The van der Waals surface area contributed by atoms with Gasteiger partial charge in [0.1, 0.15) is 11.5 Å². The van der Waals surface area contributed by atoms with Gasteiger partial charge in [-0.05, 0) is 35.0 Å². The molecular weight excluding hydrogens is 254 g/mol. The molecule has 2 aromatic rings. The van der Waals surface area contributed by atoms with Crippen LogP contribution in [0.3, 0.4) is 0 Å². The molecule has 4 nitrogen and oxygen atoms in total. The van der Waals surface area contributed by atoms with Gasteiger partial charge in [0.2, 0.25) is 5.91 Å². The number of rotatable bonds is 4. The van der Waals surface area contributed by atoms with Gasteiger partial charge in [0, 0.05) is 18.7 Å². The number of fused-ring (bicyclic) bond motifs is 1. The van der Waals surface area contributed by atoms with E-state index in [4.69, 9.17) is 9.47 Å². The van der Waals surface area contributed by atoms with Crippen molar-refractivity contribution in [3.05, 3.63) is 42.1 Å². The Bertz CT molecular complexity index is 657. The Kier molecular flexibility index (Phi) is 4.25. The summed E-state index contributed by atoms with van der Waals surface area (Å²) in [5.74, 6) is 1.41. The second-order valence-corrected chi connectivity index (χ2v) is 4.30. The Morgan fingerprint density at radius 3 is 2.55 bits per heavy atom. The molecule has 0 radical (unpaired) electrons. The third kappa shape index (κ3) is 2.91. The number of hydrogen-bond acceptors (Lipinski definition) is 3. The van der Waals surface area contributed by atoms with Crippen molar-refractivity contribution in [2.75, 3.05) is 14.2 Å². The van der Waals surface area contributed by atoms with Crippen LogP contribution < -0.4 is 14.8 Å². The quantitative estimate of drug-likeness (QED) is 0.930. The lowest BCUT2D eigenvalue weighted by atomic mass is 10.0. The van der Waals surface area contributed by atoms with Crippen LogP contribution >= 0.6 is 0 Å². The van der Waals surface area contributed by atoms with E-state index >= 15 is 0 Å². The number of methoxy groups -OCH3 is 2. The smallest absolute Gasteiger partial charge is 0.220 e. The summed E-state index contributed by atoms with van der Waals surface area (Å²) in [4.78, 5) is 10.9. The highest BCUT2D eigenvalue weighted by atomic mass is 16.5. The van der Waals surface area contributed by atoms with E-state index in [0.29, 0.717) is 0 Å². The number of ether oxygens (including phenoxy) is 2. The molecule has 2 rings (SSSR count). The summed E-state index contributed by atoms with van der Waals surface area (Å²) in [5.41, 5.74) is 0.901. The van der Waals surface area contributed by atoms with Crippen LogP contribution in [0, 0.1) is 0 Å². The Labute approximate surface area is 118 Å². The molecule has 2 aromatic carbocycles. The van der Waals surface area contributed by atoms with E-state index in [1.54, 1.807) is 20.4 Å². The summed E-state index contributed by atoms with van der Waals surface area (Å²) in [6.07, 6.45) is 3.43. The van der Waals surface area contributed by atoms with Gasteiger partial charge in [0.05, 0.1) is 14.2 Å². The number of nitrogens with one attached hydrogen (secondary N) is 1. The maximum atomic E-state index is 10.9. The Balaban J connectivity index is 2.56. The highest BCUT2D eigenvalue weighted by Crippen LogP contribution is 2.31. The van der Waals surface area contributed by atoms with Crippen molar-refractivity contribution in [3.63, 3.8) is 0 Å². The largest absolute Gasteiger partial charge is 0.497 e. The summed E-state index contributed by atoms with van der Waals surface area (Å²) in [7, 11) is 3.26. The monoisotopic (exact) mass is 271 g/mol. The second kappa shape index (κ2) is 6.10. The maximum Gasteiger partial charge on any atom is 0.220 e. The fourth-order valence-electron chi connectivity index (χ4n) is 2.02. The maximum absolute atomic E-state index is 10.9. The highest BCUT2D eigenvalue weighted by Gasteiger charge is 2.07. The average molecular weight is 271 g/mol. The van der Waals surface area contributed by atoms with Gasteiger partial charge in [-0.1, -0.05) is 12.1 Å². The van der Waals surface area contributed by atoms with Crippen molar-refractivity contribution in [2.45, 2.75) is 6.92 Å². The fraction of sp³-hybridized carbons (Fsp3) is 0.188. The third-order valence-electron chi connectivity index (χ3n) is 2.99. The minimum atomic E-state index is -0.113. The molecule has 104 valence electrons. The number of amides is 1. The van der Waals surface area contributed by atoms with Gasteiger partial charge in [-0.25, -0.2) is 0 Å². The van der Waals surface area contributed by atoms with E-state index in [0.717, 1.165) is 27.8 Å². The molecule has 0 aliphatic carbocycles. The van der Waals surface area contributed by atoms with Crippen LogP contribution in [0.4, 0.5) is 0 Å². The number of carbonyl (C=O) groups excluding carboxylic acids is 1. The molecule has 0 bridgehead atoms. The normalized spacial score (nSPS) is 10.8. The Morgan fingerprint density at radius 1 is 1.15 bits per heavy atom. The standard InChI is InChI=1S/C16H17NO3/c1-11(18)17-9-8-14-15-10-13(19-2)6-4-12(15)5-7-16(14)20-3/h4-10H,1-3H3,(H,17,18)/b9-8+. The zero-order chi connectivity index (χ0) is 14.5. The number of benzene rings is 2. The van der Waals surface area contributed by atoms with Gasteiger partial charge >= 0.3 is 0 Å². The summed E-state index contributed by atoms with van der Waals surface area (Å²) < 4.78 is 10.6. The number of carbonyl (C=O) groups is 1. The molecule has 20 heavy (non-hydrogen) atoms. The molecule has 0 saturated heterocycles. The van der Waals surface area contributed by atoms with Gasteiger partial charge in [-0.3, -0.25) is 4.79 Å². The fourth-order valence-corrected chi connectivity index (χ4v) is 2.02. The topological polar surface area (TPSA) is 47.6 Å². The van der Waals surface area contributed by atoms with Gasteiger partial charge < -0.3 is 14.8 Å². The molecule has 0 spiro atoms. The molecule has 0 heterocycles. The van der Waals surface area contributed by atoms with E-state index in [1.165, 1.54) is 6.92 Å². The second-order valence-electron chi connectivity index (χ2n) is 4.30. The van der Waals surface area contributed by atoms with E-state index in [1.807, 2.05) is 36.4 Å². The van der Waals surface area contributed by atoms with Crippen LogP contribution in [0.2, 0.25) is 0 Å². The SMILES string of the molecule is COc1ccc2ccc(OC)c(/C=C/NC(C)=O)c2c1. The van der Waals surface area contributed by atoms with Crippen LogP contribution in [-0.4, -0.2) is 20.1 Å². The third-order valence-corrected chi connectivity index (χ3v) is 2.99. The van der Waals surface area contributed by atoms with Crippen molar-refractivity contribution in [3.8, 4) is 11.5 Å². The Hall–Kier alpha value is -2.49. The molecule has 0 aliphatic rings. The predicted molar refractivity (Wildman–Crippen MR) is 79.9 cm³/mol. The van der Waals surface area contributed by atoms with Crippen molar-refractivity contribution in [1.82, 2.24) is 5.32 Å². The minimum Gasteiger partial charge on any atom is -0.497 e. The highest BCUT2D eigenvalue weighted by molar-refractivity contribution is 5.94. The van der Waals surface area contributed by atoms with Crippen molar-refractivity contribution in [2.24, 2.45) is 0 Å². The lowest BCUT2D eigenvalue weighted by Crippen LogP contribution is -2.11. The van der Waals surface area contributed by atoms with Gasteiger partial charge in [0.15, 0.2) is 0 Å². The van der Waals surface area contributed by atoms with Crippen LogP contribution in [0.25, 0.3) is 16.8 Å². The molecule has 0 fully saturated rings. The lowest BCUT2D eigenvalue weighted by Gasteiger charge is -2.10. The molecule has 4 heteroatoms. The summed E-state index contributed by atoms with van der Waals surface area (Å²) in [6.45, 7) is 1.47. The van der Waals surface area contributed by atoms with Crippen LogP contribution in [0.1, 0.15) is 12.5 Å². The van der Waals surface area contributed by atoms with E-state index < -0.39 is 0 Å².